The third-order valence-electron chi connectivity index (χ3n) is 7.07. The number of anilines is 1. The summed E-state index contributed by atoms with van der Waals surface area (Å²) in [5, 5.41) is 9.60. The molecule has 1 amide bonds. The minimum Gasteiger partial charge on any atom is -0.495 e. The van der Waals surface area contributed by atoms with Gasteiger partial charge in [-0.05, 0) is 63.2 Å². The summed E-state index contributed by atoms with van der Waals surface area (Å²) < 4.78 is 12.9. The van der Waals surface area contributed by atoms with Crippen LogP contribution in [0.15, 0.2) is 42.6 Å². The molecule has 1 N–H and O–H groups in total. The summed E-state index contributed by atoms with van der Waals surface area (Å²) in [6, 6.07) is 10.3. The number of hydrogen-bond acceptors (Lipinski definition) is 6. The van der Waals surface area contributed by atoms with Gasteiger partial charge in [-0.3, -0.25) is 19.3 Å². The zero-order chi connectivity index (χ0) is 29.2. The van der Waals surface area contributed by atoms with Crippen molar-refractivity contribution in [1.82, 2.24) is 9.30 Å². The number of amides is 1. The molecular weight excluding hydrogens is 546 g/mol. The molecule has 0 aliphatic rings. The molecule has 0 spiro atoms. The van der Waals surface area contributed by atoms with Gasteiger partial charge in [0.25, 0.3) is 0 Å². The highest BCUT2D eigenvalue weighted by Gasteiger charge is 2.26. The summed E-state index contributed by atoms with van der Waals surface area (Å²) in [4.78, 5) is 42.3. The van der Waals surface area contributed by atoms with E-state index in [0.29, 0.717) is 34.8 Å². The molecular formula is C31H42ClN3O6. The molecule has 0 saturated heterocycles. The number of aromatic nitrogens is 1. The summed E-state index contributed by atoms with van der Waals surface area (Å²) in [7, 11) is 3.01. The Kier molecular flexibility index (Phi) is 13.2. The minimum absolute atomic E-state index is 0. The van der Waals surface area contributed by atoms with Crippen molar-refractivity contribution in [3.05, 3.63) is 59.4 Å². The first-order chi connectivity index (χ1) is 19.3. The number of rotatable bonds is 16. The van der Waals surface area contributed by atoms with Crippen LogP contribution in [0.1, 0.15) is 67.6 Å². The van der Waals surface area contributed by atoms with Gasteiger partial charge in [-0.15, -0.1) is 12.4 Å². The van der Waals surface area contributed by atoms with Gasteiger partial charge in [0.05, 0.1) is 25.4 Å². The minimum atomic E-state index is -1.13. The van der Waals surface area contributed by atoms with Gasteiger partial charge >= 0.3 is 5.97 Å². The van der Waals surface area contributed by atoms with E-state index in [4.69, 9.17) is 9.47 Å². The van der Waals surface area contributed by atoms with E-state index in [-0.39, 0.29) is 36.3 Å². The van der Waals surface area contributed by atoms with E-state index in [1.54, 1.807) is 35.9 Å². The lowest BCUT2D eigenvalue weighted by Gasteiger charge is -2.26. The number of methoxy groups -OCH3 is 2. The number of carboxylic acids is 1. The Labute approximate surface area is 248 Å². The SMILES string of the molecule is CCCCN(CCCC)CCC(=O)N(CC(=O)O)c1ccc(C(=O)c2c(C)c(OC)c3ccccn23)cc1OC.Cl. The largest absolute Gasteiger partial charge is 0.495 e. The average molecular weight is 588 g/mol. The first kappa shape index (κ1) is 33.6. The van der Waals surface area contributed by atoms with Gasteiger partial charge in [0, 0.05) is 30.3 Å². The van der Waals surface area contributed by atoms with E-state index in [0.717, 1.165) is 44.3 Å². The van der Waals surface area contributed by atoms with Crippen molar-refractivity contribution in [3.63, 3.8) is 0 Å². The number of unbranched alkanes of at least 4 members (excludes halogenated alkanes) is 2. The molecule has 0 unspecified atom stereocenters. The van der Waals surface area contributed by atoms with Gasteiger partial charge in [-0.25, -0.2) is 0 Å². The number of benzene rings is 1. The van der Waals surface area contributed by atoms with Crippen molar-refractivity contribution in [2.75, 3.05) is 45.3 Å². The van der Waals surface area contributed by atoms with Crippen molar-refractivity contribution in [3.8, 4) is 11.5 Å². The van der Waals surface area contributed by atoms with E-state index in [2.05, 4.69) is 18.7 Å². The molecule has 2 heterocycles. The second-order valence-electron chi connectivity index (χ2n) is 9.85. The number of carbonyl (C=O) groups is 3. The Hall–Kier alpha value is -3.56. The average Bonchev–Trinajstić information content (AvgIpc) is 3.25. The second kappa shape index (κ2) is 16.0. The van der Waals surface area contributed by atoms with Crippen molar-refractivity contribution < 1.29 is 29.0 Å². The van der Waals surface area contributed by atoms with Gasteiger partial charge in [0.15, 0.2) is 0 Å². The molecule has 0 radical (unpaired) electrons. The van der Waals surface area contributed by atoms with Gasteiger partial charge in [0.2, 0.25) is 11.7 Å². The van der Waals surface area contributed by atoms with Gasteiger partial charge < -0.3 is 23.9 Å². The third kappa shape index (κ3) is 8.01. The first-order valence-corrected chi connectivity index (χ1v) is 13.9. The molecule has 2 aromatic heterocycles. The number of pyridine rings is 1. The highest BCUT2D eigenvalue weighted by atomic mass is 35.5. The molecule has 0 aliphatic carbocycles. The zero-order valence-electron chi connectivity index (χ0n) is 24.6. The Morgan fingerprint density at radius 2 is 1.63 bits per heavy atom. The summed E-state index contributed by atoms with van der Waals surface area (Å²) in [6.07, 6.45) is 6.20. The summed E-state index contributed by atoms with van der Waals surface area (Å²) >= 11 is 0. The fourth-order valence-corrected chi connectivity index (χ4v) is 4.95. The smallest absolute Gasteiger partial charge is 0.323 e. The van der Waals surface area contributed by atoms with Gasteiger partial charge in [-0.1, -0.05) is 32.8 Å². The van der Waals surface area contributed by atoms with Crippen molar-refractivity contribution in [2.45, 2.75) is 52.9 Å². The topological polar surface area (TPSA) is 101 Å². The quantitative estimate of drug-likeness (QED) is 0.217. The van der Waals surface area contributed by atoms with Crippen LogP contribution in [0, 0.1) is 6.92 Å². The number of nitrogens with zero attached hydrogens (tertiary/aromatic N) is 3. The predicted molar refractivity (Wildman–Crippen MR) is 163 cm³/mol. The maximum atomic E-state index is 13.7. The molecule has 3 rings (SSSR count). The number of carbonyl (C=O) groups excluding carboxylic acids is 2. The molecule has 224 valence electrons. The van der Waals surface area contributed by atoms with Crippen LogP contribution in [0.2, 0.25) is 0 Å². The Morgan fingerprint density at radius 3 is 2.22 bits per heavy atom. The normalized spacial score (nSPS) is 10.9. The number of ether oxygens (including phenoxy) is 2. The van der Waals surface area contributed by atoms with Crippen LogP contribution in [0.25, 0.3) is 5.52 Å². The molecule has 0 aliphatic heterocycles. The van der Waals surface area contributed by atoms with E-state index in [9.17, 15) is 19.5 Å². The van der Waals surface area contributed by atoms with Crippen LogP contribution in [0.3, 0.4) is 0 Å². The summed E-state index contributed by atoms with van der Waals surface area (Å²) in [5.74, 6) is -0.814. The Balaban J connectivity index is 0.00000588. The number of aliphatic carboxylic acids is 1. The highest BCUT2D eigenvalue weighted by molar-refractivity contribution is 6.11. The molecule has 9 nitrogen and oxygen atoms in total. The predicted octanol–water partition coefficient (Wildman–Crippen LogP) is 5.63. The van der Waals surface area contributed by atoms with Crippen LogP contribution in [-0.2, 0) is 9.59 Å². The number of halogens is 1. The fourth-order valence-electron chi connectivity index (χ4n) is 4.95. The molecule has 3 aromatic rings. The molecule has 0 atom stereocenters. The standard InChI is InChI=1S/C31H41N3O6.ClH/c1-6-8-16-32(17-9-7-2)19-15-27(35)34(21-28(36)37)24-14-13-23(20-26(24)39-4)30(38)29-22(3)31(40-5)25-12-10-11-18-33(25)29;/h10-14,18,20H,6-9,15-17,19,21H2,1-5H3,(H,36,37);1H. The molecule has 0 bridgehead atoms. The van der Waals surface area contributed by atoms with E-state index in [1.807, 2.05) is 25.1 Å². The number of ketones is 1. The molecule has 41 heavy (non-hydrogen) atoms. The van der Waals surface area contributed by atoms with Gasteiger partial charge in [0.1, 0.15) is 23.7 Å². The van der Waals surface area contributed by atoms with Crippen LogP contribution in [0.4, 0.5) is 5.69 Å². The second-order valence-corrected chi connectivity index (χ2v) is 9.85. The Bertz CT molecular complexity index is 1330. The highest BCUT2D eigenvalue weighted by Crippen LogP contribution is 2.34. The van der Waals surface area contributed by atoms with Crippen molar-refractivity contribution in [2.24, 2.45) is 0 Å². The molecule has 0 saturated carbocycles. The maximum Gasteiger partial charge on any atom is 0.323 e. The van der Waals surface area contributed by atoms with Crippen LogP contribution in [0.5, 0.6) is 11.5 Å². The van der Waals surface area contributed by atoms with E-state index < -0.39 is 12.5 Å². The van der Waals surface area contributed by atoms with Gasteiger partial charge in [-0.2, -0.15) is 0 Å². The molecule has 0 fully saturated rings. The third-order valence-corrected chi connectivity index (χ3v) is 7.07. The van der Waals surface area contributed by atoms with Crippen LogP contribution in [-0.4, -0.2) is 72.5 Å². The number of fused-ring (bicyclic) bond motifs is 1. The first-order valence-electron chi connectivity index (χ1n) is 13.9. The van der Waals surface area contributed by atoms with Crippen molar-refractivity contribution >= 4 is 41.3 Å². The fraction of sp³-hybridized carbons (Fsp3) is 0.452. The number of hydrogen-bond donors (Lipinski definition) is 1. The number of carboxylic acid groups (broad SMARTS) is 1. The van der Waals surface area contributed by atoms with E-state index >= 15 is 0 Å². The van der Waals surface area contributed by atoms with Crippen LogP contribution >= 0.6 is 12.4 Å². The zero-order valence-corrected chi connectivity index (χ0v) is 25.5. The Morgan fingerprint density at radius 1 is 0.951 bits per heavy atom. The summed E-state index contributed by atoms with van der Waals surface area (Å²) in [6.45, 7) is 7.96. The summed E-state index contributed by atoms with van der Waals surface area (Å²) in [5.41, 5.74) is 2.61. The lowest BCUT2D eigenvalue weighted by atomic mass is 10.0. The van der Waals surface area contributed by atoms with Crippen molar-refractivity contribution in [1.29, 1.82) is 0 Å². The molecule has 10 heteroatoms. The maximum absolute atomic E-state index is 13.7. The lowest BCUT2D eigenvalue weighted by molar-refractivity contribution is -0.136. The lowest BCUT2D eigenvalue weighted by Crippen LogP contribution is -2.38. The van der Waals surface area contributed by atoms with E-state index in [1.165, 1.54) is 12.0 Å². The molecule has 1 aromatic carbocycles. The van der Waals surface area contributed by atoms with Crippen LogP contribution < -0.4 is 14.4 Å². The monoisotopic (exact) mass is 587 g/mol.